The number of hydrogen-bond acceptors (Lipinski definition) is 2. The van der Waals surface area contributed by atoms with Gasteiger partial charge in [-0.3, -0.25) is 0 Å². The summed E-state index contributed by atoms with van der Waals surface area (Å²) in [6, 6.07) is 0. The van der Waals surface area contributed by atoms with Crippen LogP contribution in [0.1, 0.15) is 53.4 Å². The van der Waals surface area contributed by atoms with E-state index in [2.05, 4.69) is 26.8 Å². The quantitative estimate of drug-likeness (QED) is 0.466. The van der Waals surface area contributed by atoms with Crippen LogP contribution in [0.4, 0.5) is 0 Å². The molecule has 16 heavy (non-hydrogen) atoms. The fraction of sp³-hybridized carbons (Fsp3) is 0.714. The van der Waals surface area contributed by atoms with Gasteiger partial charge in [-0.2, -0.15) is 0 Å². The molecule has 0 aliphatic heterocycles. The molecule has 0 heterocycles. The van der Waals surface area contributed by atoms with Crippen LogP contribution in [0.3, 0.4) is 0 Å². The summed E-state index contributed by atoms with van der Waals surface area (Å²) in [6.45, 7) is 7.84. The van der Waals surface area contributed by atoms with E-state index in [9.17, 15) is 9.59 Å². The van der Waals surface area contributed by atoms with Crippen LogP contribution in [0.15, 0.2) is 11.6 Å². The molecule has 2 nitrogen and oxygen atoms in total. The maximum atomic E-state index is 10.9. The lowest BCUT2D eigenvalue weighted by atomic mass is 9.87. The first kappa shape index (κ1) is 15.1. The third-order valence-corrected chi connectivity index (χ3v) is 2.91. The van der Waals surface area contributed by atoms with Crippen molar-refractivity contribution in [2.45, 2.75) is 53.4 Å². The maximum absolute atomic E-state index is 10.9. The van der Waals surface area contributed by atoms with Gasteiger partial charge in [-0.05, 0) is 46.0 Å². The van der Waals surface area contributed by atoms with Gasteiger partial charge in [-0.1, -0.05) is 18.6 Å². The molecule has 0 amide bonds. The highest BCUT2D eigenvalue weighted by molar-refractivity contribution is 5.75. The Morgan fingerprint density at radius 2 is 1.81 bits per heavy atom. The predicted octanol–water partition coefficient (Wildman–Crippen LogP) is 3.55. The monoisotopic (exact) mass is 224 g/mol. The maximum Gasteiger partial charge on any atom is 0.129 e. The molecule has 0 rings (SSSR count). The van der Waals surface area contributed by atoms with E-state index in [1.807, 2.05) is 0 Å². The third kappa shape index (κ3) is 7.38. The zero-order valence-electron chi connectivity index (χ0n) is 11.0. The number of hydrogen-bond donors (Lipinski definition) is 0. The summed E-state index contributed by atoms with van der Waals surface area (Å²) in [5, 5.41) is 0. The molecule has 0 aromatic heterocycles. The average Bonchev–Trinajstić information content (AvgIpc) is 2.17. The van der Waals surface area contributed by atoms with Gasteiger partial charge in [-0.15, -0.1) is 0 Å². The number of ketones is 1. The number of aldehydes is 1. The van der Waals surface area contributed by atoms with Gasteiger partial charge in [0.15, 0.2) is 0 Å². The number of Topliss-reactive ketones (excluding diaryl/α,β-unsaturated/α-hetero) is 1. The smallest absolute Gasteiger partial charge is 0.129 e. The number of carbonyl (C=O) groups is 2. The standard InChI is InChI=1S/C14H24O2/c1-11(2)6-5-7-12(3)14(10-15)9-8-13(4)16/h6,10,12,14H,5,7-9H2,1-4H3/t12-,14?/m1/s1. The molecule has 0 fully saturated rings. The van der Waals surface area contributed by atoms with E-state index in [4.69, 9.17) is 0 Å². The van der Waals surface area contributed by atoms with Crippen LogP contribution in [-0.4, -0.2) is 12.1 Å². The Morgan fingerprint density at radius 3 is 2.25 bits per heavy atom. The fourth-order valence-electron chi connectivity index (χ4n) is 1.71. The zero-order chi connectivity index (χ0) is 12.6. The van der Waals surface area contributed by atoms with Crippen molar-refractivity contribution in [2.75, 3.05) is 0 Å². The van der Waals surface area contributed by atoms with Crippen LogP contribution in [0.25, 0.3) is 0 Å². The second-order valence-corrected chi connectivity index (χ2v) is 4.88. The average molecular weight is 224 g/mol. The second-order valence-electron chi connectivity index (χ2n) is 4.88. The van der Waals surface area contributed by atoms with E-state index in [1.54, 1.807) is 6.92 Å². The summed E-state index contributed by atoms with van der Waals surface area (Å²) < 4.78 is 0. The van der Waals surface area contributed by atoms with E-state index >= 15 is 0 Å². The van der Waals surface area contributed by atoms with Gasteiger partial charge < -0.3 is 9.59 Å². The van der Waals surface area contributed by atoms with Crippen LogP contribution in [-0.2, 0) is 9.59 Å². The Labute approximate surface area is 99.1 Å². The molecule has 0 bridgehead atoms. The van der Waals surface area contributed by atoms with Crippen LogP contribution in [0.5, 0.6) is 0 Å². The Balaban J connectivity index is 4.00. The zero-order valence-corrected chi connectivity index (χ0v) is 11.0. The summed E-state index contributed by atoms with van der Waals surface area (Å²) in [4.78, 5) is 21.8. The van der Waals surface area contributed by atoms with Gasteiger partial charge in [0.1, 0.15) is 12.1 Å². The number of allylic oxidation sites excluding steroid dienone is 2. The Hall–Kier alpha value is -0.920. The normalized spacial score (nSPS) is 14.0. The minimum Gasteiger partial charge on any atom is -0.303 e. The SMILES string of the molecule is CC(=O)CCC(C=O)[C@H](C)CCC=C(C)C. The van der Waals surface area contributed by atoms with Crippen molar-refractivity contribution in [3.05, 3.63) is 11.6 Å². The molecule has 2 atom stereocenters. The van der Waals surface area contributed by atoms with Crippen LogP contribution in [0, 0.1) is 11.8 Å². The molecular weight excluding hydrogens is 200 g/mol. The van der Waals surface area contributed by atoms with E-state index < -0.39 is 0 Å². The molecule has 1 unspecified atom stereocenters. The van der Waals surface area contributed by atoms with Gasteiger partial charge in [0.25, 0.3) is 0 Å². The van der Waals surface area contributed by atoms with E-state index in [-0.39, 0.29) is 11.7 Å². The molecular formula is C14H24O2. The lowest BCUT2D eigenvalue weighted by molar-refractivity contribution is -0.117. The van der Waals surface area contributed by atoms with Crippen molar-refractivity contribution in [1.82, 2.24) is 0 Å². The summed E-state index contributed by atoms with van der Waals surface area (Å²) in [5.74, 6) is 0.574. The molecule has 92 valence electrons. The van der Waals surface area contributed by atoms with E-state index in [0.717, 1.165) is 19.1 Å². The van der Waals surface area contributed by atoms with Crippen LogP contribution >= 0.6 is 0 Å². The first-order valence-corrected chi connectivity index (χ1v) is 6.05. The molecule has 0 aliphatic carbocycles. The molecule has 0 aromatic rings. The lowest BCUT2D eigenvalue weighted by Gasteiger charge is -2.17. The Kier molecular flexibility index (Phi) is 7.78. The molecule has 0 spiro atoms. The summed E-state index contributed by atoms with van der Waals surface area (Å²) in [6.07, 6.45) is 6.48. The minimum atomic E-state index is 0.0365. The Morgan fingerprint density at radius 1 is 1.19 bits per heavy atom. The molecule has 0 aliphatic rings. The van der Waals surface area contributed by atoms with Gasteiger partial charge in [-0.25, -0.2) is 0 Å². The van der Waals surface area contributed by atoms with Crippen LogP contribution in [0.2, 0.25) is 0 Å². The first-order valence-electron chi connectivity index (χ1n) is 6.05. The summed E-state index contributed by atoms with van der Waals surface area (Å²) >= 11 is 0. The molecule has 0 N–H and O–H groups in total. The van der Waals surface area contributed by atoms with Gasteiger partial charge in [0.05, 0.1) is 0 Å². The van der Waals surface area contributed by atoms with Gasteiger partial charge >= 0.3 is 0 Å². The minimum absolute atomic E-state index is 0.0365. The number of carbonyl (C=O) groups excluding carboxylic acids is 2. The first-order chi connectivity index (χ1) is 7.47. The lowest BCUT2D eigenvalue weighted by Crippen LogP contribution is -2.14. The fourth-order valence-corrected chi connectivity index (χ4v) is 1.71. The third-order valence-electron chi connectivity index (χ3n) is 2.91. The van der Waals surface area contributed by atoms with Crippen molar-refractivity contribution in [1.29, 1.82) is 0 Å². The predicted molar refractivity (Wildman–Crippen MR) is 67.3 cm³/mol. The van der Waals surface area contributed by atoms with Crippen molar-refractivity contribution >= 4 is 12.1 Å². The Bertz CT molecular complexity index is 249. The summed E-state index contributed by atoms with van der Waals surface area (Å²) in [7, 11) is 0. The molecule has 2 heteroatoms. The molecule has 0 aromatic carbocycles. The number of rotatable bonds is 8. The largest absolute Gasteiger partial charge is 0.303 e. The van der Waals surface area contributed by atoms with Gasteiger partial charge in [0, 0.05) is 12.3 Å². The molecule has 0 saturated carbocycles. The van der Waals surface area contributed by atoms with E-state index in [0.29, 0.717) is 18.8 Å². The second kappa shape index (κ2) is 8.26. The van der Waals surface area contributed by atoms with Gasteiger partial charge in [0.2, 0.25) is 0 Å². The molecule has 0 radical (unpaired) electrons. The van der Waals surface area contributed by atoms with Crippen LogP contribution < -0.4 is 0 Å². The van der Waals surface area contributed by atoms with E-state index in [1.165, 1.54) is 5.57 Å². The summed E-state index contributed by atoms with van der Waals surface area (Å²) in [5.41, 5.74) is 1.32. The topological polar surface area (TPSA) is 34.1 Å². The van der Waals surface area contributed by atoms with Crippen molar-refractivity contribution in [3.8, 4) is 0 Å². The highest BCUT2D eigenvalue weighted by Gasteiger charge is 2.16. The molecule has 0 saturated heterocycles. The highest BCUT2D eigenvalue weighted by atomic mass is 16.1. The van der Waals surface area contributed by atoms with Crippen molar-refractivity contribution < 1.29 is 9.59 Å². The van der Waals surface area contributed by atoms with Crippen molar-refractivity contribution in [2.24, 2.45) is 11.8 Å². The van der Waals surface area contributed by atoms with Crippen molar-refractivity contribution in [3.63, 3.8) is 0 Å². The highest BCUT2D eigenvalue weighted by Crippen LogP contribution is 2.21.